The topological polar surface area (TPSA) is 58.2 Å². The molecule has 0 radical (unpaired) electrons. The molecule has 1 aromatic rings. The Morgan fingerprint density at radius 1 is 1.42 bits per heavy atom. The van der Waals surface area contributed by atoms with Gasteiger partial charge in [0.25, 0.3) is 0 Å². The van der Waals surface area contributed by atoms with Crippen molar-refractivity contribution in [3.05, 3.63) is 28.8 Å². The highest BCUT2D eigenvalue weighted by Crippen LogP contribution is 2.37. The fourth-order valence-corrected chi connectivity index (χ4v) is 2.10. The number of halogens is 1. The van der Waals surface area contributed by atoms with Gasteiger partial charge >= 0.3 is 0 Å². The summed E-state index contributed by atoms with van der Waals surface area (Å²) >= 11 is 5.97. The highest BCUT2D eigenvalue weighted by molar-refractivity contribution is 6.31. The van der Waals surface area contributed by atoms with E-state index in [1.165, 1.54) is 0 Å². The van der Waals surface area contributed by atoms with E-state index in [0.29, 0.717) is 16.6 Å². The number of amides is 2. The first kappa shape index (κ1) is 13.9. The molecule has 2 rings (SSSR count). The third kappa shape index (κ3) is 3.47. The molecule has 0 aromatic heterocycles. The lowest BCUT2D eigenvalue weighted by Crippen LogP contribution is -2.34. The Morgan fingerprint density at radius 3 is 2.74 bits per heavy atom. The van der Waals surface area contributed by atoms with Gasteiger partial charge in [-0.2, -0.15) is 0 Å². The SMILES string of the molecule is Cc1c(Cl)cccc1NC(=O)CNC(=O)[C@H]1C[C@@H]1C. The van der Waals surface area contributed by atoms with Crippen LogP contribution in [0.5, 0.6) is 0 Å². The van der Waals surface area contributed by atoms with Crippen LogP contribution in [0, 0.1) is 18.8 Å². The standard InChI is InChI=1S/C14H17ClN2O2/c1-8-6-10(8)14(19)16-7-13(18)17-12-5-3-4-11(15)9(12)2/h3-5,8,10H,6-7H2,1-2H3,(H,16,19)(H,17,18)/t8-,10-/m0/s1. The summed E-state index contributed by atoms with van der Waals surface area (Å²) in [6, 6.07) is 5.32. The Bertz CT molecular complexity index is 516. The molecule has 1 aliphatic rings. The van der Waals surface area contributed by atoms with Crippen molar-refractivity contribution in [3.63, 3.8) is 0 Å². The summed E-state index contributed by atoms with van der Waals surface area (Å²) in [5.74, 6) is 0.247. The second-order valence-electron chi connectivity index (χ2n) is 5.00. The molecule has 2 atom stereocenters. The number of rotatable bonds is 4. The summed E-state index contributed by atoms with van der Waals surface area (Å²) in [5.41, 5.74) is 1.49. The monoisotopic (exact) mass is 280 g/mol. The minimum Gasteiger partial charge on any atom is -0.347 e. The van der Waals surface area contributed by atoms with Crippen molar-refractivity contribution >= 4 is 29.1 Å². The van der Waals surface area contributed by atoms with Crippen LogP contribution in [0.4, 0.5) is 5.69 Å². The Balaban J connectivity index is 1.84. The van der Waals surface area contributed by atoms with Crippen LogP contribution in [-0.4, -0.2) is 18.4 Å². The van der Waals surface area contributed by atoms with Crippen LogP contribution in [0.25, 0.3) is 0 Å². The molecule has 5 heteroatoms. The van der Waals surface area contributed by atoms with Crippen LogP contribution in [-0.2, 0) is 9.59 Å². The van der Waals surface area contributed by atoms with E-state index < -0.39 is 0 Å². The summed E-state index contributed by atoms with van der Waals surface area (Å²) in [6.07, 6.45) is 0.918. The minimum atomic E-state index is -0.244. The van der Waals surface area contributed by atoms with Crippen LogP contribution in [0.2, 0.25) is 5.02 Å². The predicted octanol–water partition coefficient (Wildman–Crippen LogP) is 2.36. The Labute approximate surface area is 117 Å². The molecule has 102 valence electrons. The average molecular weight is 281 g/mol. The predicted molar refractivity (Wildman–Crippen MR) is 75.1 cm³/mol. The second kappa shape index (κ2) is 5.61. The van der Waals surface area contributed by atoms with E-state index >= 15 is 0 Å². The van der Waals surface area contributed by atoms with Gasteiger partial charge in [-0.25, -0.2) is 0 Å². The molecule has 19 heavy (non-hydrogen) atoms. The Morgan fingerprint density at radius 2 is 2.11 bits per heavy atom. The van der Waals surface area contributed by atoms with Crippen LogP contribution in [0.15, 0.2) is 18.2 Å². The zero-order chi connectivity index (χ0) is 14.0. The largest absolute Gasteiger partial charge is 0.347 e. The molecule has 0 unspecified atom stereocenters. The molecule has 1 saturated carbocycles. The van der Waals surface area contributed by atoms with Crippen molar-refractivity contribution in [2.24, 2.45) is 11.8 Å². The van der Waals surface area contributed by atoms with Gasteiger partial charge in [0.1, 0.15) is 0 Å². The van der Waals surface area contributed by atoms with Crippen LogP contribution in [0.3, 0.4) is 0 Å². The van der Waals surface area contributed by atoms with Gasteiger partial charge in [-0.05, 0) is 37.0 Å². The molecule has 0 saturated heterocycles. The van der Waals surface area contributed by atoms with E-state index in [-0.39, 0.29) is 24.3 Å². The molecular formula is C14H17ClN2O2. The lowest BCUT2D eigenvalue weighted by Gasteiger charge is -2.10. The maximum absolute atomic E-state index is 11.7. The Hall–Kier alpha value is -1.55. The van der Waals surface area contributed by atoms with Gasteiger partial charge in [-0.1, -0.05) is 24.6 Å². The average Bonchev–Trinajstić information content (AvgIpc) is 3.09. The van der Waals surface area contributed by atoms with Crippen LogP contribution >= 0.6 is 11.6 Å². The number of nitrogens with one attached hydrogen (secondary N) is 2. The quantitative estimate of drug-likeness (QED) is 0.889. The summed E-state index contributed by atoms with van der Waals surface area (Å²) in [6.45, 7) is 3.86. The molecular weight excluding hydrogens is 264 g/mol. The molecule has 4 nitrogen and oxygen atoms in total. The van der Waals surface area contributed by atoms with Gasteiger partial charge in [0.2, 0.25) is 11.8 Å². The van der Waals surface area contributed by atoms with Crippen molar-refractivity contribution in [2.45, 2.75) is 20.3 Å². The van der Waals surface area contributed by atoms with Crippen molar-refractivity contribution < 1.29 is 9.59 Å². The minimum absolute atomic E-state index is 0.00595. The molecule has 2 amide bonds. The first-order chi connectivity index (χ1) is 8.99. The number of hydrogen-bond donors (Lipinski definition) is 2. The van der Waals surface area contributed by atoms with Gasteiger partial charge in [0, 0.05) is 16.6 Å². The van der Waals surface area contributed by atoms with E-state index in [1.54, 1.807) is 18.2 Å². The van der Waals surface area contributed by atoms with E-state index in [2.05, 4.69) is 10.6 Å². The normalized spacial score (nSPS) is 20.8. The van der Waals surface area contributed by atoms with E-state index in [9.17, 15) is 9.59 Å². The van der Waals surface area contributed by atoms with Crippen molar-refractivity contribution in [1.29, 1.82) is 0 Å². The number of anilines is 1. The zero-order valence-corrected chi connectivity index (χ0v) is 11.8. The fourth-order valence-electron chi connectivity index (χ4n) is 1.92. The smallest absolute Gasteiger partial charge is 0.243 e. The third-order valence-electron chi connectivity index (χ3n) is 3.41. The van der Waals surface area contributed by atoms with E-state index in [0.717, 1.165) is 12.0 Å². The third-order valence-corrected chi connectivity index (χ3v) is 3.82. The van der Waals surface area contributed by atoms with Gasteiger partial charge in [-0.15, -0.1) is 0 Å². The lowest BCUT2D eigenvalue weighted by atomic mass is 10.2. The fraction of sp³-hybridized carbons (Fsp3) is 0.429. The van der Waals surface area contributed by atoms with Gasteiger partial charge in [0.05, 0.1) is 6.54 Å². The zero-order valence-electron chi connectivity index (χ0n) is 11.0. The molecule has 1 fully saturated rings. The summed E-state index contributed by atoms with van der Waals surface area (Å²) in [5, 5.41) is 5.99. The highest BCUT2D eigenvalue weighted by Gasteiger charge is 2.38. The number of carbonyl (C=O) groups excluding carboxylic acids is 2. The Kier molecular flexibility index (Phi) is 4.10. The van der Waals surface area contributed by atoms with Gasteiger partial charge in [-0.3, -0.25) is 9.59 Å². The first-order valence-electron chi connectivity index (χ1n) is 6.31. The van der Waals surface area contributed by atoms with E-state index in [4.69, 9.17) is 11.6 Å². The molecule has 0 heterocycles. The maximum Gasteiger partial charge on any atom is 0.243 e. The molecule has 1 aromatic carbocycles. The molecule has 0 bridgehead atoms. The van der Waals surface area contributed by atoms with Crippen LogP contribution < -0.4 is 10.6 Å². The molecule has 2 N–H and O–H groups in total. The summed E-state index contributed by atoms with van der Waals surface area (Å²) in [4.78, 5) is 23.3. The van der Waals surface area contributed by atoms with Gasteiger partial charge < -0.3 is 10.6 Å². The molecule has 1 aliphatic carbocycles. The molecule has 0 spiro atoms. The second-order valence-corrected chi connectivity index (χ2v) is 5.41. The number of hydrogen-bond acceptors (Lipinski definition) is 2. The van der Waals surface area contributed by atoms with Crippen molar-refractivity contribution in [1.82, 2.24) is 5.32 Å². The van der Waals surface area contributed by atoms with Gasteiger partial charge in [0.15, 0.2) is 0 Å². The summed E-state index contributed by atoms with van der Waals surface area (Å²) < 4.78 is 0. The highest BCUT2D eigenvalue weighted by atomic mass is 35.5. The first-order valence-corrected chi connectivity index (χ1v) is 6.69. The van der Waals surface area contributed by atoms with Crippen molar-refractivity contribution in [2.75, 3.05) is 11.9 Å². The van der Waals surface area contributed by atoms with E-state index in [1.807, 2.05) is 13.8 Å². The lowest BCUT2D eigenvalue weighted by molar-refractivity contribution is -0.125. The van der Waals surface area contributed by atoms with Crippen LogP contribution in [0.1, 0.15) is 18.9 Å². The number of benzene rings is 1. The summed E-state index contributed by atoms with van der Waals surface area (Å²) in [7, 11) is 0. The number of carbonyl (C=O) groups is 2. The van der Waals surface area contributed by atoms with Crippen molar-refractivity contribution in [3.8, 4) is 0 Å². The maximum atomic E-state index is 11.7. The molecule has 0 aliphatic heterocycles.